The summed E-state index contributed by atoms with van der Waals surface area (Å²) in [5.41, 5.74) is -0.504. The number of anilines is 1. The van der Waals surface area contributed by atoms with Gasteiger partial charge >= 0.3 is 6.09 Å². The van der Waals surface area contributed by atoms with Crippen LogP contribution in [-0.2, 0) is 11.8 Å². The molecule has 0 saturated carbocycles. The van der Waals surface area contributed by atoms with Gasteiger partial charge < -0.3 is 4.74 Å². The first-order chi connectivity index (χ1) is 6.78. The first-order valence-electron chi connectivity index (χ1n) is 4.47. The van der Waals surface area contributed by atoms with E-state index in [1.807, 2.05) is 0 Å². The summed E-state index contributed by atoms with van der Waals surface area (Å²) >= 11 is 3.28. The number of halogens is 1. The normalized spacial score (nSPS) is 11.3. The van der Waals surface area contributed by atoms with Gasteiger partial charge in [0.2, 0.25) is 0 Å². The molecule has 0 radical (unpaired) electrons. The van der Waals surface area contributed by atoms with Crippen LogP contribution in [0.2, 0.25) is 0 Å². The minimum atomic E-state index is -0.506. The van der Waals surface area contributed by atoms with Crippen LogP contribution in [0, 0.1) is 0 Å². The van der Waals surface area contributed by atoms with E-state index < -0.39 is 11.7 Å². The van der Waals surface area contributed by atoms with Crippen molar-refractivity contribution in [1.29, 1.82) is 0 Å². The lowest BCUT2D eigenvalue weighted by atomic mass is 10.2. The molecule has 6 heteroatoms. The Balaban J connectivity index is 2.59. The molecule has 0 bridgehead atoms. The van der Waals surface area contributed by atoms with E-state index in [1.165, 1.54) is 0 Å². The number of amides is 1. The van der Waals surface area contributed by atoms with Gasteiger partial charge in [0.15, 0.2) is 5.82 Å². The average Bonchev–Trinajstić information content (AvgIpc) is 2.26. The van der Waals surface area contributed by atoms with Crippen molar-refractivity contribution in [3.05, 3.63) is 10.7 Å². The second-order valence-corrected chi connectivity index (χ2v) is 4.92. The third-order valence-electron chi connectivity index (χ3n) is 1.45. The van der Waals surface area contributed by atoms with Crippen LogP contribution in [-0.4, -0.2) is 21.5 Å². The highest BCUT2D eigenvalue weighted by atomic mass is 79.9. The van der Waals surface area contributed by atoms with Gasteiger partial charge in [0.1, 0.15) is 10.2 Å². The molecule has 0 aliphatic rings. The van der Waals surface area contributed by atoms with Crippen LogP contribution in [0.1, 0.15) is 20.8 Å². The number of carbonyl (C=O) groups is 1. The number of aromatic nitrogens is 2. The van der Waals surface area contributed by atoms with E-state index in [2.05, 4.69) is 26.3 Å². The molecule has 0 spiro atoms. The molecule has 0 unspecified atom stereocenters. The fourth-order valence-electron chi connectivity index (χ4n) is 0.914. The van der Waals surface area contributed by atoms with Gasteiger partial charge in [0.05, 0.1) is 0 Å². The zero-order valence-corrected chi connectivity index (χ0v) is 10.8. The molecule has 15 heavy (non-hydrogen) atoms. The van der Waals surface area contributed by atoms with Gasteiger partial charge in [-0.25, -0.2) is 4.79 Å². The Morgan fingerprint density at radius 1 is 1.60 bits per heavy atom. The molecule has 1 N–H and O–H groups in total. The van der Waals surface area contributed by atoms with Crippen molar-refractivity contribution < 1.29 is 9.53 Å². The number of aryl methyl sites for hydroxylation is 1. The van der Waals surface area contributed by atoms with Gasteiger partial charge in [-0.05, 0) is 36.7 Å². The molecule has 1 aromatic rings. The Labute approximate surface area is 96.9 Å². The molecule has 0 aliphatic carbocycles. The third kappa shape index (κ3) is 3.91. The predicted molar refractivity (Wildman–Crippen MR) is 60.8 cm³/mol. The highest BCUT2D eigenvalue weighted by Crippen LogP contribution is 2.15. The second-order valence-electron chi connectivity index (χ2n) is 4.10. The number of rotatable bonds is 1. The van der Waals surface area contributed by atoms with Crippen LogP contribution in [0.4, 0.5) is 10.6 Å². The van der Waals surface area contributed by atoms with Gasteiger partial charge in [0.25, 0.3) is 0 Å². The Morgan fingerprint density at radius 3 is 2.60 bits per heavy atom. The minimum absolute atomic E-state index is 0.457. The van der Waals surface area contributed by atoms with E-state index in [9.17, 15) is 4.79 Å². The summed E-state index contributed by atoms with van der Waals surface area (Å²) in [6, 6.07) is 1.70. The molecule has 0 fully saturated rings. The monoisotopic (exact) mass is 275 g/mol. The highest BCUT2D eigenvalue weighted by molar-refractivity contribution is 9.10. The second kappa shape index (κ2) is 4.22. The Kier molecular flexibility index (Phi) is 3.38. The number of hydrogen-bond donors (Lipinski definition) is 1. The van der Waals surface area contributed by atoms with E-state index >= 15 is 0 Å². The quantitative estimate of drug-likeness (QED) is 0.857. The number of nitrogens with zero attached hydrogens (tertiary/aromatic N) is 2. The highest BCUT2D eigenvalue weighted by Gasteiger charge is 2.17. The van der Waals surface area contributed by atoms with E-state index in [-0.39, 0.29) is 0 Å². The molecular weight excluding hydrogens is 262 g/mol. The molecule has 0 atom stereocenters. The minimum Gasteiger partial charge on any atom is -0.444 e. The fraction of sp³-hybridized carbons (Fsp3) is 0.556. The SMILES string of the molecule is Cn1nc(NC(=O)OC(C)(C)C)cc1Br. The molecule has 5 nitrogen and oxygen atoms in total. The van der Waals surface area contributed by atoms with Gasteiger partial charge in [-0.3, -0.25) is 10.00 Å². The summed E-state index contributed by atoms with van der Waals surface area (Å²) in [5, 5.41) is 6.58. The van der Waals surface area contributed by atoms with Crippen LogP contribution in [0.25, 0.3) is 0 Å². The van der Waals surface area contributed by atoms with Crippen molar-refractivity contribution >= 4 is 27.8 Å². The topological polar surface area (TPSA) is 56.2 Å². The summed E-state index contributed by atoms with van der Waals surface area (Å²) in [6.45, 7) is 5.42. The van der Waals surface area contributed by atoms with Crippen molar-refractivity contribution in [1.82, 2.24) is 9.78 Å². The third-order valence-corrected chi connectivity index (χ3v) is 2.19. The van der Waals surface area contributed by atoms with Crippen molar-refractivity contribution in [3.63, 3.8) is 0 Å². The number of carbonyl (C=O) groups excluding carboxylic acids is 1. The molecule has 1 rings (SSSR count). The molecule has 1 aromatic heterocycles. The molecule has 1 amide bonds. The van der Waals surface area contributed by atoms with E-state index in [1.54, 1.807) is 38.6 Å². The summed E-state index contributed by atoms with van der Waals surface area (Å²) in [6.07, 6.45) is -0.506. The molecule has 0 aromatic carbocycles. The maximum atomic E-state index is 11.4. The lowest BCUT2D eigenvalue weighted by molar-refractivity contribution is 0.0635. The Bertz CT molecular complexity index is 348. The standard InChI is InChI=1S/C9H14BrN3O2/c1-9(2,3)15-8(14)11-7-5-6(10)13(4)12-7/h5H,1-4H3,(H,11,12,14). The van der Waals surface area contributed by atoms with Crippen molar-refractivity contribution in [2.75, 3.05) is 5.32 Å². The summed E-state index contributed by atoms with van der Waals surface area (Å²) in [5.74, 6) is 0.457. The van der Waals surface area contributed by atoms with E-state index in [0.717, 1.165) is 4.60 Å². The molecule has 1 heterocycles. The Hall–Kier alpha value is -1.04. The Morgan fingerprint density at radius 2 is 2.20 bits per heavy atom. The largest absolute Gasteiger partial charge is 0.444 e. The average molecular weight is 276 g/mol. The van der Waals surface area contributed by atoms with E-state index in [4.69, 9.17) is 4.74 Å². The first-order valence-corrected chi connectivity index (χ1v) is 5.27. The van der Waals surface area contributed by atoms with Crippen molar-refractivity contribution in [2.45, 2.75) is 26.4 Å². The van der Waals surface area contributed by atoms with Gasteiger partial charge in [-0.2, -0.15) is 5.10 Å². The van der Waals surface area contributed by atoms with Crippen molar-refractivity contribution in [2.24, 2.45) is 7.05 Å². The van der Waals surface area contributed by atoms with Crippen LogP contribution < -0.4 is 5.32 Å². The maximum Gasteiger partial charge on any atom is 0.413 e. The van der Waals surface area contributed by atoms with Gasteiger partial charge in [-0.1, -0.05) is 0 Å². The van der Waals surface area contributed by atoms with Crippen molar-refractivity contribution in [3.8, 4) is 0 Å². The predicted octanol–water partition coefficient (Wildman–Crippen LogP) is 2.53. The molecule has 0 saturated heterocycles. The summed E-state index contributed by atoms with van der Waals surface area (Å²) in [4.78, 5) is 11.4. The summed E-state index contributed by atoms with van der Waals surface area (Å²) < 4.78 is 7.47. The smallest absolute Gasteiger partial charge is 0.413 e. The van der Waals surface area contributed by atoms with Gasteiger partial charge in [-0.15, -0.1) is 0 Å². The van der Waals surface area contributed by atoms with Crippen LogP contribution in [0.3, 0.4) is 0 Å². The lowest BCUT2D eigenvalue weighted by Crippen LogP contribution is -2.27. The van der Waals surface area contributed by atoms with Crippen LogP contribution >= 0.6 is 15.9 Å². The van der Waals surface area contributed by atoms with Crippen LogP contribution in [0.15, 0.2) is 10.7 Å². The zero-order chi connectivity index (χ0) is 11.6. The zero-order valence-electron chi connectivity index (χ0n) is 9.17. The first kappa shape index (κ1) is 12.0. The van der Waals surface area contributed by atoms with Crippen LogP contribution in [0.5, 0.6) is 0 Å². The number of ether oxygens (including phenoxy) is 1. The lowest BCUT2D eigenvalue weighted by Gasteiger charge is -2.18. The maximum absolute atomic E-state index is 11.4. The fourth-order valence-corrected chi connectivity index (χ4v) is 1.21. The molecule has 0 aliphatic heterocycles. The number of hydrogen-bond acceptors (Lipinski definition) is 3. The summed E-state index contributed by atoms with van der Waals surface area (Å²) in [7, 11) is 1.77. The van der Waals surface area contributed by atoms with E-state index in [0.29, 0.717) is 5.82 Å². The molecular formula is C9H14BrN3O2. The number of nitrogens with one attached hydrogen (secondary N) is 1. The molecule has 84 valence electrons. The van der Waals surface area contributed by atoms with Gasteiger partial charge in [0, 0.05) is 13.1 Å².